The molecule has 0 heterocycles. The Labute approximate surface area is 221 Å². The van der Waals surface area contributed by atoms with Crippen molar-refractivity contribution >= 4 is 39.1 Å². The highest BCUT2D eigenvalue weighted by Crippen LogP contribution is 2.30. The molecule has 0 spiro atoms. The summed E-state index contributed by atoms with van der Waals surface area (Å²) in [7, 11) is -4.20. The Morgan fingerprint density at radius 3 is 2.16 bits per heavy atom. The Morgan fingerprint density at radius 1 is 0.946 bits per heavy atom. The van der Waals surface area contributed by atoms with E-state index in [4.69, 9.17) is 11.6 Å². The Bertz CT molecular complexity index is 1320. The van der Waals surface area contributed by atoms with Crippen LogP contribution in [0.25, 0.3) is 0 Å². The lowest BCUT2D eigenvalue weighted by molar-refractivity contribution is -0.140. The Hall–Kier alpha value is -3.43. The fraction of sp³-hybridized carbons (Fsp3) is 0.259. The zero-order valence-electron chi connectivity index (χ0n) is 20.6. The first-order valence-electron chi connectivity index (χ1n) is 11.8. The molecule has 0 fully saturated rings. The minimum atomic E-state index is -4.20. The number of hydrogen-bond donors (Lipinski definition) is 1. The predicted octanol–water partition coefficient (Wildman–Crippen LogP) is 4.62. The molecule has 2 amide bonds. The number of benzene rings is 3. The van der Waals surface area contributed by atoms with Gasteiger partial charge in [0.2, 0.25) is 11.8 Å². The molecule has 0 radical (unpaired) electrons. The van der Waals surface area contributed by atoms with Crippen molar-refractivity contribution in [3.05, 3.63) is 95.3 Å². The highest BCUT2D eigenvalue weighted by Gasteiger charge is 2.34. The first kappa shape index (κ1) is 28.1. The van der Waals surface area contributed by atoms with Crippen molar-refractivity contribution in [2.45, 2.75) is 37.8 Å². The third-order valence-corrected chi connectivity index (χ3v) is 7.83. The van der Waals surface area contributed by atoms with Gasteiger partial charge in [-0.3, -0.25) is 13.9 Å². The lowest BCUT2D eigenvalue weighted by Gasteiger charge is -2.33. The van der Waals surface area contributed by atoms with Crippen LogP contribution in [0, 0.1) is 5.82 Å². The van der Waals surface area contributed by atoms with E-state index in [1.54, 1.807) is 44.2 Å². The van der Waals surface area contributed by atoms with Gasteiger partial charge in [-0.05, 0) is 55.3 Å². The van der Waals surface area contributed by atoms with Gasteiger partial charge >= 0.3 is 0 Å². The van der Waals surface area contributed by atoms with E-state index in [0.717, 1.165) is 4.31 Å². The molecule has 0 saturated heterocycles. The number of nitrogens with one attached hydrogen (secondary N) is 1. The van der Waals surface area contributed by atoms with Gasteiger partial charge in [0, 0.05) is 13.1 Å². The summed E-state index contributed by atoms with van der Waals surface area (Å²) in [5.74, 6) is -1.41. The van der Waals surface area contributed by atoms with Crippen molar-refractivity contribution in [1.29, 1.82) is 0 Å². The number of para-hydroxylation sites is 1. The average molecular weight is 546 g/mol. The van der Waals surface area contributed by atoms with E-state index in [2.05, 4.69) is 5.32 Å². The van der Waals surface area contributed by atoms with Crippen LogP contribution in [-0.4, -0.2) is 44.3 Å². The fourth-order valence-corrected chi connectivity index (χ4v) is 5.63. The Kier molecular flexibility index (Phi) is 9.66. The molecule has 0 aliphatic carbocycles. The molecule has 0 aliphatic rings. The van der Waals surface area contributed by atoms with E-state index >= 15 is 0 Å². The topological polar surface area (TPSA) is 86.8 Å². The number of amides is 2. The van der Waals surface area contributed by atoms with E-state index in [9.17, 15) is 22.4 Å². The largest absolute Gasteiger partial charge is 0.355 e. The summed E-state index contributed by atoms with van der Waals surface area (Å²) < 4.78 is 41.8. The molecule has 3 rings (SSSR count). The van der Waals surface area contributed by atoms with Crippen LogP contribution in [0.3, 0.4) is 0 Å². The zero-order chi connectivity index (χ0) is 27.0. The minimum absolute atomic E-state index is 0.0106. The van der Waals surface area contributed by atoms with Gasteiger partial charge in [0.1, 0.15) is 18.4 Å². The number of rotatable bonds is 11. The molecule has 0 bridgehead atoms. The van der Waals surface area contributed by atoms with Crippen LogP contribution in [0.15, 0.2) is 83.8 Å². The van der Waals surface area contributed by atoms with Crippen LogP contribution >= 0.6 is 11.6 Å². The van der Waals surface area contributed by atoms with Crippen molar-refractivity contribution in [3.8, 4) is 0 Å². The number of sulfonamides is 1. The van der Waals surface area contributed by atoms with Crippen LogP contribution < -0.4 is 9.62 Å². The standard InChI is InChI=1S/C27H29ClFN3O4S/c1-3-24(27(34)30-4-2)31(18-20-14-16-21(29)17-15-20)26(33)19-32(25-13-9-8-12-23(25)28)37(35,36)22-10-6-5-7-11-22/h5-17,24H,3-4,18-19H2,1-2H3,(H,30,34)/t24-/m1/s1. The molecule has 0 aliphatic heterocycles. The predicted molar refractivity (Wildman–Crippen MR) is 142 cm³/mol. The maximum absolute atomic E-state index is 13.8. The number of halogens is 2. The summed E-state index contributed by atoms with van der Waals surface area (Å²) in [5, 5.41) is 2.88. The first-order chi connectivity index (χ1) is 17.7. The van der Waals surface area contributed by atoms with Crippen LogP contribution in [0.5, 0.6) is 0 Å². The van der Waals surface area contributed by atoms with Gasteiger partial charge in [0.05, 0.1) is 15.6 Å². The van der Waals surface area contributed by atoms with Gasteiger partial charge in [-0.1, -0.05) is 61.0 Å². The van der Waals surface area contributed by atoms with E-state index < -0.39 is 34.3 Å². The fourth-order valence-electron chi connectivity index (χ4n) is 3.89. The molecule has 3 aromatic rings. The summed E-state index contributed by atoms with van der Waals surface area (Å²) in [5.41, 5.74) is 0.724. The van der Waals surface area contributed by atoms with Gasteiger partial charge in [-0.15, -0.1) is 0 Å². The van der Waals surface area contributed by atoms with Crippen molar-refractivity contribution < 1.29 is 22.4 Å². The van der Waals surface area contributed by atoms with Crippen molar-refractivity contribution in [2.75, 3.05) is 17.4 Å². The number of carbonyl (C=O) groups is 2. The third kappa shape index (κ3) is 6.87. The molecular weight excluding hydrogens is 517 g/mol. The lowest BCUT2D eigenvalue weighted by Crippen LogP contribution is -2.52. The van der Waals surface area contributed by atoms with E-state index in [-0.39, 0.29) is 34.5 Å². The summed E-state index contributed by atoms with van der Waals surface area (Å²) in [6.07, 6.45) is 0.288. The highest BCUT2D eigenvalue weighted by atomic mass is 35.5. The van der Waals surface area contributed by atoms with Crippen LogP contribution in [0.2, 0.25) is 5.02 Å². The van der Waals surface area contributed by atoms with E-state index in [1.165, 1.54) is 53.4 Å². The quantitative estimate of drug-likeness (QED) is 0.381. The zero-order valence-corrected chi connectivity index (χ0v) is 22.2. The van der Waals surface area contributed by atoms with Crippen LogP contribution in [-0.2, 0) is 26.2 Å². The maximum Gasteiger partial charge on any atom is 0.264 e. The normalized spacial score (nSPS) is 12.0. The van der Waals surface area contributed by atoms with Gasteiger partial charge in [0.15, 0.2) is 0 Å². The van der Waals surface area contributed by atoms with Crippen LogP contribution in [0.1, 0.15) is 25.8 Å². The van der Waals surface area contributed by atoms with Crippen LogP contribution in [0.4, 0.5) is 10.1 Å². The summed E-state index contributed by atoms with van der Waals surface area (Å²) in [6, 6.07) is 18.8. The molecule has 0 saturated carbocycles. The molecule has 3 aromatic carbocycles. The van der Waals surface area contributed by atoms with Crippen molar-refractivity contribution in [1.82, 2.24) is 10.2 Å². The second kappa shape index (κ2) is 12.7. The number of nitrogens with zero attached hydrogens (tertiary/aromatic N) is 2. The average Bonchev–Trinajstić information content (AvgIpc) is 2.89. The van der Waals surface area contributed by atoms with Crippen molar-refractivity contribution in [2.24, 2.45) is 0 Å². The first-order valence-corrected chi connectivity index (χ1v) is 13.6. The molecule has 1 atom stereocenters. The summed E-state index contributed by atoms with van der Waals surface area (Å²) in [6.45, 7) is 3.27. The number of anilines is 1. The summed E-state index contributed by atoms with van der Waals surface area (Å²) >= 11 is 6.37. The van der Waals surface area contributed by atoms with Gasteiger partial charge in [0.25, 0.3) is 10.0 Å². The lowest BCUT2D eigenvalue weighted by atomic mass is 10.1. The van der Waals surface area contributed by atoms with E-state index in [0.29, 0.717) is 12.1 Å². The SMILES string of the molecule is CCNC(=O)[C@@H](CC)N(Cc1ccc(F)cc1)C(=O)CN(c1ccccc1Cl)S(=O)(=O)c1ccccc1. The highest BCUT2D eigenvalue weighted by molar-refractivity contribution is 7.92. The second-order valence-electron chi connectivity index (χ2n) is 8.24. The van der Waals surface area contributed by atoms with Gasteiger partial charge in [-0.25, -0.2) is 12.8 Å². The number of likely N-dealkylation sites (N-methyl/N-ethyl adjacent to an activating group) is 1. The van der Waals surface area contributed by atoms with Gasteiger partial charge in [-0.2, -0.15) is 0 Å². The molecule has 0 aromatic heterocycles. The second-order valence-corrected chi connectivity index (χ2v) is 10.5. The minimum Gasteiger partial charge on any atom is -0.355 e. The molecule has 196 valence electrons. The monoisotopic (exact) mass is 545 g/mol. The van der Waals surface area contributed by atoms with Gasteiger partial charge < -0.3 is 10.2 Å². The molecule has 37 heavy (non-hydrogen) atoms. The maximum atomic E-state index is 13.8. The Balaban J connectivity index is 2.05. The number of carbonyl (C=O) groups excluding carboxylic acids is 2. The smallest absolute Gasteiger partial charge is 0.264 e. The molecule has 0 unspecified atom stereocenters. The summed E-state index contributed by atoms with van der Waals surface area (Å²) in [4.78, 5) is 28.0. The molecule has 7 nitrogen and oxygen atoms in total. The van der Waals surface area contributed by atoms with E-state index in [1.807, 2.05) is 0 Å². The molecule has 10 heteroatoms. The third-order valence-electron chi connectivity index (χ3n) is 5.73. The molecule has 1 N–H and O–H groups in total. The number of hydrogen-bond acceptors (Lipinski definition) is 4. The molecular formula is C27H29ClFN3O4S. The van der Waals surface area contributed by atoms with Crippen molar-refractivity contribution in [3.63, 3.8) is 0 Å². The Morgan fingerprint density at radius 2 is 1.57 bits per heavy atom.